The van der Waals surface area contributed by atoms with Gasteiger partial charge in [0.1, 0.15) is 5.60 Å². The number of halogens is 1. The number of nitro benzene ring substituents is 1. The number of rotatable bonds is 5. The summed E-state index contributed by atoms with van der Waals surface area (Å²) in [6.45, 7) is 6.16. The second-order valence-electron chi connectivity index (χ2n) is 6.15. The maximum Gasteiger partial charge on any atom is 0.408 e. The lowest BCUT2D eigenvalue weighted by molar-refractivity contribution is -0.385. The molecule has 0 aliphatic rings. The van der Waals surface area contributed by atoms with E-state index in [4.69, 9.17) is 9.47 Å². The van der Waals surface area contributed by atoms with Gasteiger partial charge in [-0.2, -0.15) is 0 Å². The molecule has 1 amide bonds. The molecule has 138 valence electrons. The van der Waals surface area contributed by atoms with E-state index >= 15 is 0 Å². The minimum atomic E-state index is -1.46. The molecule has 2 atom stereocenters. The van der Waals surface area contributed by atoms with E-state index < -0.39 is 40.4 Å². The van der Waals surface area contributed by atoms with Gasteiger partial charge in [-0.15, -0.1) is 0 Å². The number of benzene rings is 1. The van der Waals surface area contributed by atoms with Crippen LogP contribution in [0.1, 0.15) is 27.7 Å². The number of alkyl carbamates (subject to hydrolysis) is 1. The summed E-state index contributed by atoms with van der Waals surface area (Å²) in [5, 5.41) is 23.0. The van der Waals surface area contributed by atoms with Gasteiger partial charge in [0, 0.05) is 10.5 Å². The van der Waals surface area contributed by atoms with Crippen LogP contribution in [0.3, 0.4) is 0 Å². The number of nitrogens with one attached hydrogen (secondary N) is 1. The highest BCUT2D eigenvalue weighted by molar-refractivity contribution is 9.10. The van der Waals surface area contributed by atoms with Gasteiger partial charge in [-0.05, 0) is 39.8 Å². The van der Waals surface area contributed by atoms with Crippen molar-refractivity contribution in [3.8, 4) is 5.75 Å². The molecule has 0 bridgehead atoms. The van der Waals surface area contributed by atoms with E-state index in [-0.39, 0.29) is 5.75 Å². The Bertz CT molecular complexity index is 670. The number of aliphatic hydroxyl groups is 1. The maximum absolute atomic E-state index is 12.2. The van der Waals surface area contributed by atoms with Crippen LogP contribution in [-0.2, 0) is 9.53 Å². The van der Waals surface area contributed by atoms with Gasteiger partial charge in [-0.3, -0.25) is 10.1 Å². The van der Waals surface area contributed by atoms with Crippen molar-refractivity contribution in [3.63, 3.8) is 0 Å². The molecule has 1 aromatic carbocycles. The molecule has 0 unspecified atom stereocenters. The van der Waals surface area contributed by atoms with Crippen molar-refractivity contribution in [2.75, 3.05) is 0 Å². The zero-order valence-electron chi connectivity index (χ0n) is 14.1. The van der Waals surface area contributed by atoms with E-state index in [2.05, 4.69) is 21.2 Å². The molecular formula is C15H19BrN2O7. The highest BCUT2D eigenvalue weighted by Crippen LogP contribution is 2.30. The molecule has 0 aliphatic carbocycles. The third-order valence-electron chi connectivity index (χ3n) is 2.74. The average molecular weight is 419 g/mol. The summed E-state index contributed by atoms with van der Waals surface area (Å²) >= 11 is 3.09. The Kier molecular flexibility index (Phi) is 6.88. The minimum absolute atomic E-state index is 0.310. The Hall–Kier alpha value is -2.20. The fourth-order valence-corrected chi connectivity index (χ4v) is 2.05. The molecule has 0 heterocycles. The van der Waals surface area contributed by atoms with Gasteiger partial charge in [-0.25, -0.2) is 9.59 Å². The topological polar surface area (TPSA) is 128 Å². The fraction of sp³-hybridized carbons (Fsp3) is 0.467. The highest BCUT2D eigenvalue weighted by Gasteiger charge is 2.31. The van der Waals surface area contributed by atoms with Crippen LogP contribution in [0.15, 0.2) is 22.7 Å². The van der Waals surface area contributed by atoms with Crippen LogP contribution in [0.5, 0.6) is 5.75 Å². The van der Waals surface area contributed by atoms with E-state index in [1.54, 1.807) is 20.8 Å². The second-order valence-corrected chi connectivity index (χ2v) is 7.07. The van der Waals surface area contributed by atoms with Crippen molar-refractivity contribution in [3.05, 3.63) is 32.8 Å². The van der Waals surface area contributed by atoms with E-state index in [9.17, 15) is 24.8 Å². The first kappa shape index (κ1) is 20.8. The summed E-state index contributed by atoms with van der Waals surface area (Å²) in [6.07, 6.45) is -2.24. The number of carbonyl (C=O) groups is 2. The second kappa shape index (κ2) is 8.26. The Balaban J connectivity index is 2.95. The van der Waals surface area contributed by atoms with Gasteiger partial charge in [-0.1, -0.05) is 15.9 Å². The first-order valence-corrected chi connectivity index (χ1v) is 8.03. The lowest BCUT2D eigenvalue weighted by Crippen LogP contribution is -2.50. The number of hydrogen-bond donors (Lipinski definition) is 2. The average Bonchev–Trinajstić information content (AvgIpc) is 2.44. The Labute approximate surface area is 152 Å². The fourth-order valence-electron chi connectivity index (χ4n) is 1.70. The van der Waals surface area contributed by atoms with Crippen molar-refractivity contribution in [1.82, 2.24) is 5.32 Å². The van der Waals surface area contributed by atoms with Gasteiger partial charge < -0.3 is 19.9 Å². The SMILES string of the molecule is C[C@@H](O)[C@H](NC(=O)OC(C)(C)C)C(=O)Oc1ccc(Br)cc1[N+](=O)[O-]. The zero-order valence-corrected chi connectivity index (χ0v) is 15.7. The molecule has 25 heavy (non-hydrogen) atoms. The maximum atomic E-state index is 12.2. The van der Waals surface area contributed by atoms with E-state index in [1.807, 2.05) is 0 Å². The minimum Gasteiger partial charge on any atom is -0.444 e. The number of aliphatic hydroxyl groups excluding tert-OH is 1. The predicted octanol–water partition coefficient (Wildman–Crippen LogP) is 2.54. The number of nitro groups is 1. The largest absolute Gasteiger partial charge is 0.444 e. The molecule has 0 saturated heterocycles. The summed E-state index contributed by atoms with van der Waals surface area (Å²) < 4.78 is 10.4. The third-order valence-corrected chi connectivity index (χ3v) is 3.23. The van der Waals surface area contributed by atoms with Gasteiger partial charge in [0.25, 0.3) is 0 Å². The molecule has 9 nitrogen and oxygen atoms in total. The predicted molar refractivity (Wildman–Crippen MR) is 91.3 cm³/mol. The number of carbonyl (C=O) groups excluding carboxylic acids is 2. The summed E-state index contributed by atoms with van der Waals surface area (Å²) in [6, 6.07) is 2.39. The lowest BCUT2D eigenvalue weighted by Gasteiger charge is -2.24. The molecule has 0 radical (unpaired) electrons. The molecule has 0 aliphatic heterocycles. The number of amides is 1. The molecule has 1 aromatic rings. The molecule has 0 saturated carbocycles. The van der Waals surface area contributed by atoms with Gasteiger partial charge in [0.05, 0.1) is 11.0 Å². The normalized spacial score (nSPS) is 13.5. The number of nitrogens with zero attached hydrogens (tertiary/aromatic N) is 1. The third kappa shape index (κ3) is 6.67. The van der Waals surface area contributed by atoms with Crippen molar-refractivity contribution in [2.24, 2.45) is 0 Å². The van der Waals surface area contributed by atoms with Gasteiger partial charge in [0.2, 0.25) is 5.75 Å². The zero-order chi connectivity index (χ0) is 19.4. The molecule has 0 aromatic heterocycles. The first-order valence-electron chi connectivity index (χ1n) is 7.24. The van der Waals surface area contributed by atoms with Crippen LogP contribution in [-0.4, -0.2) is 39.8 Å². The lowest BCUT2D eigenvalue weighted by atomic mass is 10.2. The van der Waals surface area contributed by atoms with Crippen LogP contribution < -0.4 is 10.1 Å². The van der Waals surface area contributed by atoms with Crippen LogP contribution in [0.2, 0.25) is 0 Å². The summed E-state index contributed by atoms with van der Waals surface area (Å²) in [5.41, 5.74) is -1.24. The van der Waals surface area contributed by atoms with Gasteiger partial charge >= 0.3 is 17.7 Å². The number of hydrogen-bond acceptors (Lipinski definition) is 7. The van der Waals surface area contributed by atoms with E-state index in [0.29, 0.717) is 4.47 Å². The van der Waals surface area contributed by atoms with Crippen molar-refractivity contribution >= 4 is 33.7 Å². The smallest absolute Gasteiger partial charge is 0.408 e. The molecular weight excluding hydrogens is 400 g/mol. The molecule has 0 spiro atoms. The Morgan fingerprint density at radius 3 is 2.44 bits per heavy atom. The summed E-state index contributed by atoms with van der Waals surface area (Å²) in [5.74, 6) is -1.37. The van der Waals surface area contributed by atoms with Crippen LogP contribution in [0, 0.1) is 10.1 Å². The molecule has 10 heteroatoms. The van der Waals surface area contributed by atoms with Crippen LogP contribution in [0.4, 0.5) is 10.5 Å². The molecule has 0 fully saturated rings. The monoisotopic (exact) mass is 418 g/mol. The molecule has 1 rings (SSSR count). The van der Waals surface area contributed by atoms with Crippen LogP contribution >= 0.6 is 15.9 Å². The standard InChI is InChI=1S/C15H19BrN2O7/c1-8(19)12(17-14(21)25-15(2,3)4)13(20)24-11-6-5-9(16)7-10(11)18(22)23/h5-8,12,19H,1-4H3,(H,17,21)/t8-,12+/m1/s1. The highest BCUT2D eigenvalue weighted by atomic mass is 79.9. The van der Waals surface area contributed by atoms with Crippen LogP contribution in [0.25, 0.3) is 0 Å². The van der Waals surface area contributed by atoms with E-state index in [1.165, 1.54) is 25.1 Å². The van der Waals surface area contributed by atoms with Crippen molar-refractivity contribution in [2.45, 2.75) is 45.4 Å². The Morgan fingerprint density at radius 2 is 1.96 bits per heavy atom. The summed E-state index contributed by atoms with van der Waals surface area (Å²) in [4.78, 5) is 34.3. The van der Waals surface area contributed by atoms with Crippen molar-refractivity contribution < 1.29 is 29.1 Å². The number of esters is 1. The van der Waals surface area contributed by atoms with E-state index in [0.717, 1.165) is 0 Å². The van der Waals surface area contributed by atoms with Crippen molar-refractivity contribution in [1.29, 1.82) is 0 Å². The summed E-state index contributed by atoms with van der Waals surface area (Å²) in [7, 11) is 0. The molecule has 2 N–H and O–H groups in total. The van der Waals surface area contributed by atoms with Gasteiger partial charge in [0.15, 0.2) is 6.04 Å². The first-order chi connectivity index (χ1) is 11.4. The quantitative estimate of drug-likeness (QED) is 0.325. The Morgan fingerprint density at radius 1 is 1.36 bits per heavy atom. The number of ether oxygens (including phenoxy) is 2.